The van der Waals surface area contributed by atoms with Crippen LogP contribution in [-0.4, -0.2) is 21.1 Å². The van der Waals surface area contributed by atoms with E-state index in [0.717, 1.165) is 0 Å². The molecule has 0 aliphatic carbocycles. The predicted molar refractivity (Wildman–Crippen MR) is 69.9 cm³/mol. The van der Waals surface area contributed by atoms with Crippen LogP contribution < -0.4 is 5.32 Å². The lowest BCUT2D eigenvalue weighted by atomic mass is 10.2. The molecule has 0 saturated carbocycles. The van der Waals surface area contributed by atoms with E-state index in [-0.39, 0.29) is 5.82 Å². The van der Waals surface area contributed by atoms with Crippen molar-refractivity contribution < 1.29 is 4.79 Å². The third-order valence-corrected chi connectivity index (χ3v) is 2.66. The van der Waals surface area contributed by atoms with Crippen molar-refractivity contribution in [2.45, 2.75) is 13.3 Å². The minimum Gasteiger partial charge on any atom is -0.318 e. The first-order valence-corrected chi connectivity index (χ1v) is 5.94. The zero-order valence-electron chi connectivity index (χ0n) is 10.1. The summed E-state index contributed by atoms with van der Waals surface area (Å²) in [5, 5.41) is 18.4. The second kappa shape index (κ2) is 5.50. The number of aromatic nitrogens is 3. The molecular formula is C12H10ClN5O. The Morgan fingerprint density at radius 2 is 2.37 bits per heavy atom. The Morgan fingerprint density at radius 3 is 3.00 bits per heavy atom. The van der Waals surface area contributed by atoms with Gasteiger partial charge in [0.2, 0.25) is 5.82 Å². The van der Waals surface area contributed by atoms with Crippen molar-refractivity contribution in [1.29, 1.82) is 5.26 Å². The third-order valence-electron chi connectivity index (χ3n) is 2.42. The van der Waals surface area contributed by atoms with Gasteiger partial charge >= 0.3 is 0 Å². The molecule has 0 bridgehead atoms. The standard InChI is InChI=1S/C12H10ClN5O/c1-2-10-16-11(18-17-10)12(19)15-9-5-8(13)4-3-7(9)6-14/h3-5H,2H2,1H3,(H,15,19)(H,16,17,18). The van der Waals surface area contributed by atoms with E-state index in [0.29, 0.717) is 28.5 Å². The molecule has 96 valence electrons. The van der Waals surface area contributed by atoms with Crippen LogP contribution >= 0.6 is 11.6 Å². The van der Waals surface area contributed by atoms with Gasteiger partial charge in [-0.05, 0) is 18.2 Å². The third kappa shape index (κ3) is 2.89. The molecule has 2 N–H and O–H groups in total. The van der Waals surface area contributed by atoms with Crippen LogP contribution in [0.25, 0.3) is 0 Å². The largest absolute Gasteiger partial charge is 0.318 e. The maximum Gasteiger partial charge on any atom is 0.295 e. The zero-order chi connectivity index (χ0) is 13.8. The van der Waals surface area contributed by atoms with Crippen molar-refractivity contribution in [3.63, 3.8) is 0 Å². The molecule has 2 rings (SSSR count). The average molecular weight is 276 g/mol. The van der Waals surface area contributed by atoms with Crippen LogP contribution in [0.5, 0.6) is 0 Å². The highest BCUT2D eigenvalue weighted by atomic mass is 35.5. The summed E-state index contributed by atoms with van der Waals surface area (Å²) in [6.45, 7) is 1.90. The molecule has 0 atom stereocenters. The van der Waals surface area contributed by atoms with Crippen molar-refractivity contribution in [3.8, 4) is 6.07 Å². The van der Waals surface area contributed by atoms with Crippen LogP contribution in [0.15, 0.2) is 18.2 Å². The molecule has 0 fully saturated rings. The fourth-order valence-corrected chi connectivity index (χ4v) is 1.62. The first-order valence-electron chi connectivity index (χ1n) is 5.56. The first kappa shape index (κ1) is 13.1. The van der Waals surface area contributed by atoms with E-state index >= 15 is 0 Å². The molecule has 1 aromatic carbocycles. The number of halogens is 1. The van der Waals surface area contributed by atoms with Crippen LogP contribution in [0.4, 0.5) is 5.69 Å². The van der Waals surface area contributed by atoms with Gasteiger partial charge < -0.3 is 5.32 Å². The number of aromatic amines is 1. The highest BCUT2D eigenvalue weighted by Gasteiger charge is 2.14. The minimum atomic E-state index is -0.491. The smallest absolute Gasteiger partial charge is 0.295 e. The molecular weight excluding hydrogens is 266 g/mol. The van der Waals surface area contributed by atoms with Gasteiger partial charge in [-0.25, -0.2) is 4.98 Å². The Kier molecular flexibility index (Phi) is 3.78. The topological polar surface area (TPSA) is 94.5 Å². The van der Waals surface area contributed by atoms with E-state index in [9.17, 15) is 4.79 Å². The van der Waals surface area contributed by atoms with Crippen molar-refractivity contribution in [3.05, 3.63) is 40.4 Å². The summed E-state index contributed by atoms with van der Waals surface area (Å²) in [7, 11) is 0. The Balaban J connectivity index is 2.23. The molecule has 0 unspecified atom stereocenters. The summed E-state index contributed by atoms with van der Waals surface area (Å²) >= 11 is 5.83. The van der Waals surface area contributed by atoms with Crippen LogP contribution in [0, 0.1) is 11.3 Å². The van der Waals surface area contributed by atoms with Crippen LogP contribution in [0.1, 0.15) is 28.9 Å². The van der Waals surface area contributed by atoms with E-state index in [4.69, 9.17) is 16.9 Å². The van der Waals surface area contributed by atoms with Crippen molar-refractivity contribution >= 4 is 23.2 Å². The van der Waals surface area contributed by atoms with Crippen LogP contribution in [-0.2, 0) is 6.42 Å². The Labute approximate surface area is 114 Å². The van der Waals surface area contributed by atoms with Gasteiger partial charge in [-0.15, -0.1) is 5.10 Å². The van der Waals surface area contributed by atoms with Gasteiger partial charge in [-0.2, -0.15) is 5.26 Å². The molecule has 6 nitrogen and oxygen atoms in total. The van der Waals surface area contributed by atoms with Crippen molar-refractivity contribution in [2.24, 2.45) is 0 Å². The maximum absolute atomic E-state index is 11.9. The molecule has 0 radical (unpaired) electrons. The number of carbonyl (C=O) groups excluding carboxylic acids is 1. The monoisotopic (exact) mass is 275 g/mol. The lowest BCUT2D eigenvalue weighted by Gasteiger charge is -2.05. The molecule has 2 aromatic rings. The molecule has 1 amide bonds. The maximum atomic E-state index is 11.9. The molecule has 7 heteroatoms. The SMILES string of the molecule is CCc1nc(C(=O)Nc2cc(Cl)ccc2C#N)n[nH]1. The number of hydrogen-bond donors (Lipinski definition) is 2. The number of carbonyl (C=O) groups is 1. The van der Waals surface area contributed by atoms with E-state index in [1.54, 1.807) is 6.07 Å². The number of rotatable bonds is 3. The number of benzene rings is 1. The van der Waals surface area contributed by atoms with Gasteiger partial charge in [0.05, 0.1) is 11.3 Å². The number of nitriles is 1. The van der Waals surface area contributed by atoms with E-state index in [2.05, 4.69) is 20.5 Å². The summed E-state index contributed by atoms with van der Waals surface area (Å²) in [5.74, 6) is 0.159. The Hall–Kier alpha value is -2.39. The Morgan fingerprint density at radius 1 is 1.58 bits per heavy atom. The highest BCUT2D eigenvalue weighted by Crippen LogP contribution is 2.20. The number of anilines is 1. The molecule has 0 spiro atoms. The quantitative estimate of drug-likeness (QED) is 0.897. The molecule has 19 heavy (non-hydrogen) atoms. The second-order valence-corrected chi connectivity index (χ2v) is 4.15. The van der Waals surface area contributed by atoms with Crippen LogP contribution in [0.2, 0.25) is 5.02 Å². The summed E-state index contributed by atoms with van der Waals surface area (Å²) in [4.78, 5) is 15.9. The van der Waals surface area contributed by atoms with Crippen molar-refractivity contribution in [2.75, 3.05) is 5.32 Å². The lowest BCUT2D eigenvalue weighted by molar-refractivity contribution is 0.101. The molecule has 0 aliphatic rings. The number of aryl methyl sites for hydroxylation is 1. The first-order chi connectivity index (χ1) is 9.13. The lowest BCUT2D eigenvalue weighted by Crippen LogP contribution is -2.14. The molecule has 0 aliphatic heterocycles. The number of nitrogens with zero attached hydrogens (tertiary/aromatic N) is 3. The fourth-order valence-electron chi connectivity index (χ4n) is 1.45. The second-order valence-electron chi connectivity index (χ2n) is 3.72. The minimum absolute atomic E-state index is 0.0284. The van der Waals surface area contributed by atoms with Gasteiger partial charge in [-0.1, -0.05) is 18.5 Å². The van der Waals surface area contributed by atoms with Crippen molar-refractivity contribution in [1.82, 2.24) is 15.2 Å². The normalized spacial score (nSPS) is 9.95. The van der Waals surface area contributed by atoms with Gasteiger partial charge in [-0.3, -0.25) is 9.89 Å². The number of H-pyrrole nitrogens is 1. The van der Waals surface area contributed by atoms with Gasteiger partial charge in [0, 0.05) is 11.4 Å². The van der Waals surface area contributed by atoms with Gasteiger partial charge in [0.25, 0.3) is 5.91 Å². The summed E-state index contributed by atoms with van der Waals surface area (Å²) in [5.41, 5.74) is 0.659. The zero-order valence-corrected chi connectivity index (χ0v) is 10.8. The molecule has 1 aromatic heterocycles. The molecule has 1 heterocycles. The number of amides is 1. The number of nitrogens with one attached hydrogen (secondary N) is 2. The average Bonchev–Trinajstić information content (AvgIpc) is 2.88. The van der Waals surface area contributed by atoms with Gasteiger partial charge in [0.15, 0.2) is 0 Å². The van der Waals surface area contributed by atoms with E-state index in [1.807, 2.05) is 13.0 Å². The summed E-state index contributed by atoms with van der Waals surface area (Å²) in [6, 6.07) is 6.60. The Bertz CT molecular complexity index is 658. The number of hydrogen-bond acceptors (Lipinski definition) is 4. The predicted octanol–water partition coefficient (Wildman–Crippen LogP) is 2.14. The highest BCUT2D eigenvalue weighted by molar-refractivity contribution is 6.31. The summed E-state index contributed by atoms with van der Waals surface area (Å²) in [6.07, 6.45) is 0.654. The van der Waals surface area contributed by atoms with E-state index < -0.39 is 5.91 Å². The van der Waals surface area contributed by atoms with Gasteiger partial charge in [0.1, 0.15) is 11.9 Å². The molecule has 0 saturated heterocycles. The fraction of sp³-hybridized carbons (Fsp3) is 0.167. The van der Waals surface area contributed by atoms with Crippen LogP contribution in [0.3, 0.4) is 0 Å². The van der Waals surface area contributed by atoms with E-state index in [1.165, 1.54) is 12.1 Å². The summed E-state index contributed by atoms with van der Waals surface area (Å²) < 4.78 is 0.